The molecule has 8 heteroatoms. The normalized spacial score (nSPS) is 13.1. The lowest BCUT2D eigenvalue weighted by molar-refractivity contribution is 0.0941. The Morgan fingerprint density at radius 2 is 1.71 bits per heavy atom. The minimum absolute atomic E-state index is 0.0749. The number of amides is 2. The van der Waals surface area contributed by atoms with E-state index in [4.69, 9.17) is 11.6 Å². The van der Waals surface area contributed by atoms with Gasteiger partial charge in [-0.15, -0.1) is 0 Å². The molecule has 6 nitrogen and oxygen atoms in total. The van der Waals surface area contributed by atoms with Crippen LogP contribution in [0.2, 0.25) is 5.15 Å². The first-order chi connectivity index (χ1) is 14.9. The average Bonchev–Trinajstić information content (AvgIpc) is 3.52. The molecule has 1 heterocycles. The van der Waals surface area contributed by atoms with Crippen LogP contribution in [0.25, 0.3) is 0 Å². The Morgan fingerprint density at radius 1 is 1.06 bits per heavy atom. The van der Waals surface area contributed by atoms with Crippen LogP contribution < -0.4 is 10.6 Å². The zero-order valence-electron chi connectivity index (χ0n) is 17.0. The molecule has 0 aliphatic heterocycles. The number of hydrogen-bond acceptors (Lipinski definition) is 3. The monoisotopic (exact) mass is 440 g/mol. The molecule has 0 saturated heterocycles. The molecule has 31 heavy (non-hydrogen) atoms. The molecule has 0 radical (unpaired) electrons. The van der Waals surface area contributed by atoms with Crippen molar-refractivity contribution in [2.75, 3.05) is 0 Å². The molecule has 4 rings (SSSR count). The summed E-state index contributed by atoms with van der Waals surface area (Å²) in [5.74, 6) is -0.722. The predicted molar refractivity (Wildman–Crippen MR) is 116 cm³/mol. The van der Waals surface area contributed by atoms with E-state index < -0.39 is 0 Å². The van der Waals surface area contributed by atoms with Gasteiger partial charge in [0.15, 0.2) is 0 Å². The number of aromatic nitrogens is 2. The third-order valence-corrected chi connectivity index (χ3v) is 5.50. The highest BCUT2D eigenvalue weighted by Crippen LogP contribution is 2.22. The lowest BCUT2D eigenvalue weighted by Crippen LogP contribution is -2.25. The molecule has 1 saturated carbocycles. The van der Waals surface area contributed by atoms with Crippen LogP contribution in [0.4, 0.5) is 4.39 Å². The first-order valence-corrected chi connectivity index (χ1v) is 10.4. The van der Waals surface area contributed by atoms with E-state index in [9.17, 15) is 14.0 Å². The number of nitrogens with one attached hydrogen (secondary N) is 2. The van der Waals surface area contributed by atoms with Crippen molar-refractivity contribution in [2.45, 2.75) is 38.9 Å². The maximum absolute atomic E-state index is 13.1. The number of carbonyl (C=O) groups is 2. The van der Waals surface area contributed by atoms with E-state index in [1.165, 1.54) is 16.8 Å². The zero-order chi connectivity index (χ0) is 22.0. The van der Waals surface area contributed by atoms with E-state index in [2.05, 4.69) is 15.7 Å². The van der Waals surface area contributed by atoms with Gasteiger partial charge in [-0.3, -0.25) is 9.59 Å². The molecular weight excluding hydrogens is 419 g/mol. The Balaban J connectivity index is 1.38. The fourth-order valence-corrected chi connectivity index (χ4v) is 3.54. The van der Waals surface area contributed by atoms with E-state index in [1.807, 2.05) is 12.1 Å². The fraction of sp³-hybridized carbons (Fsp3) is 0.261. The summed E-state index contributed by atoms with van der Waals surface area (Å²) in [5, 5.41) is 10.4. The van der Waals surface area contributed by atoms with E-state index >= 15 is 0 Å². The third-order valence-electron chi connectivity index (χ3n) is 5.12. The topological polar surface area (TPSA) is 76.0 Å². The smallest absolute Gasteiger partial charge is 0.256 e. The van der Waals surface area contributed by atoms with Crippen LogP contribution in [0.1, 0.15) is 50.4 Å². The number of hydrogen-bond donors (Lipinski definition) is 2. The highest BCUT2D eigenvalue weighted by atomic mass is 35.5. The second-order valence-electron chi connectivity index (χ2n) is 7.66. The zero-order valence-corrected chi connectivity index (χ0v) is 17.7. The van der Waals surface area contributed by atoms with Gasteiger partial charge in [0.25, 0.3) is 11.8 Å². The van der Waals surface area contributed by atoms with Crippen molar-refractivity contribution in [2.24, 2.45) is 0 Å². The van der Waals surface area contributed by atoms with Gasteiger partial charge in [-0.2, -0.15) is 5.10 Å². The second-order valence-corrected chi connectivity index (χ2v) is 8.02. The second kappa shape index (κ2) is 8.89. The van der Waals surface area contributed by atoms with Crippen molar-refractivity contribution >= 4 is 23.4 Å². The average molecular weight is 441 g/mol. The van der Waals surface area contributed by atoms with Crippen LogP contribution in [-0.2, 0) is 13.1 Å². The summed E-state index contributed by atoms with van der Waals surface area (Å²) in [6, 6.07) is 13.5. The Kier molecular flexibility index (Phi) is 6.04. The molecule has 1 aromatic heterocycles. The van der Waals surface area contributed by atoms with Crippen molar-refractivity contribution in [3.8, 4) is 0 Å². The van der Waals surface area contributed by atoms with Gasteiger partial charge < -0.3 is 10.6 Å². The molecule has 0 bridgehead atoms. The third kappa shape index (κ3) is 5.11. The largest absolute Gasteiger partial charge is 0.349 e. The molecule has 0 unspecified atom stereocenters. The summed E-state index contributed by atoms with van der Waals surface area (Å²) >= 11 is 6.41. The highest BCUT2D eigenvalue weighted by molar-refractivity contribution is 6.33. The minimum Gasteiger partial charge on any atom is -0.349 e. The van der Waals surface area contributed by atoms with Crippen molar-refractivity contribution in [3.05, 3.63) is 87.4 Å². The summed E-state index contributed by atoms with van der Waals surface area (Å²) < 4.78 is 14.6. The molecular formula is C23H22ClFN4O2. The van der Waals surface area contributed by atoms with Gasteiger partial charge in [0.05, 0.1) is 17.8 Å². The summed E-state index contributed by atoms with van der Waals surface area (Å²) in [6.07, 6.45) is 2.08. The van der Waals surface area contributed by atoms with Gasteiger partial charge >= 0.3 is 0 Å². The summed E-state index contributed by atoms with van der Waals surface area (Å²) in [5.41, 5.74) is 3.11. The van der Waals surface area contributed by atoms with Gasteiger partial charge in [0.2, 0.25) is 0 Å². The molecule has 1 aliphatic rings. The summed E-state index contributed by atoms with van der Waals surface area (Å²) in [6.45, 7) is 2.34. The molecule has 1 fully saturated rings. The van der Waals surface area contributed by atoms with Gasteiger partial charge in [-0.05, 0) is 55.2 Å². The molecule has 2 aromatic carbocycles. The van der Waals surface area contributed by atoms with E-state index in [1.54, 1.807) is 31.2 Å². The Bertz CT molecular complexity index is 1110. The van der Waals surface area contributed by atoms with Crippen molar-refractivity contribution in [1.29, 1.82) is 0 Å². The quantitative estimate of drug-likeness (QED) is 0.585. The lowest BCUT2D eigenvalue weighted by Gasteiger charge is -2.08. The van der Waals surface area contributed by atoms with Gasteiger partial charge in [0.1, 0.15) is 11.0 Å². The van der Waals surface area contributed by atoms with Crippen LogP contribution >= 0.6 is 11.6 Å². The molecule has 1 aliphatic carbocycles. The molecule has 160 valence electrons. The Morgan fingerprint density at radius 3 is 2.35 bits per heavy atom. The summed E-state index contributed by atoms with van der Waals surface area (Å²) in [4.78, 5) is 24.8. The van der Waals surface area contributed by atoms with E-state index in [0.29, 0.717) is 36.0 Å². The summed E-state index contributed by atoms with van der Waals surface area (Å²) in [7, 11) is 0. The highest BCUT2D eigenvalue weighted by Gasteiger charge is 2.24. The van der Waals surface area contributed by atoms with Crippen LogP contribution in [0.5, 0.6) is 0 Å². The molecule has 0 spiro atoms. The molecule has 2 N–H and O–H groups in total. The fourth-order valence-electron chi connectivity index (χ4n) is 3.22. The first-order valence-electron chi connectivity index (χ1n) is 10.1. The maximum Gasteiger partial charge on any atom is 0.256 e. The number of aryl methyl sites for hydroxylation is 1. The number of carbonyl (C=O) groups excluding carboxylic acids is 2. The molecule has 3 aromatic rings. The standard InChI is InChI=1S/C23H22ClFN4O2/c1-14-20(21(24)29(28-14)13-16-4-8-18(25)9-5-16)23(31)26-12-15-2-6-17(7-3-15)22(30)27-19-10-11-19/h2-9,19H,10-13H2,1H3,(H,26,31)(H,27,30). The number of benzene rings is 2. The lowest BCUT2D eigenvalue weighted by atomic mass is 10.1. The first kappa shape index (κ1) is 21.1. The van der Waals surface area contributed by atoms with Crippen LogP contribution in [0.3, 0.4) is 0 Å². The Hall–Kier alpha value is -3.19. The molecule has 0 atom stereocenters. The SMILES string of the molecule is Cc1nn(Cc2ccc(F)cc2)c(Cl)c1C(=O)NCc1ccc(C(=O)NC2CC2)cc1. The number of halogens is 2. The van der Waals surface area contributed by atoms with Crippen LogP contribution in [-0.4, -0.2) is 27.6 Å². The number of nitrogens with zero attached hydrogens (tertiary/aromatic N) is 2. The predicted octanol–water partition coefficient (Wildman–Crippen LogP) is 3.85. The minimum atomic E-state index is -0.330. The van der Waals surface area contributed by atoms with E-state index in [0.717, 1.165) is 24.0 Å². The van der Waals surface area contributed by atoms with Crippen molar-refractivity contribution in [1.82, 2.24) is 20.4 Å². The van der Waals surface area contributed by atoms with Gasteiger partial charge in [-0.25, -0.2) is 9.07 Å². The van der Waals surface area contributed by atoms with Crippen LogP contribution in [0, 0.1) is 12.7 Å². The van der Waals surface area contributed by atoms with Gasteiger partial charge in [0, 0.05) is 18.2 Å². The van der Waals surface area contributed by atoms with Crippen molar-refractivity contribution in [3.63, 3.8) is 0 Å². The van der Waals surface area contributed by atoms with Gasteiger partial charge in [-0.1, -0.05) is 35.9 Å². The maximum atomic E-state index is 13.1. The van der Waals surface area contributed by atoms with Crippen LogP contribution in [0.15, 0.2) is 48.5 Å². The molecule has 2 amide bonds. The van der Waals surface area contributed by atoms with E-state index in [-0.39, 0.29) is 22.8 Å². The number of rotatable bonds is 7. The Labute approximate surface area is 184 Å². The van der Waals surface area contributed by atoms with Crippen molar-refractivity contribution < 1.29 is 14.0 Å².